The molecule has 1 aliphatic rings. The Kier molecular flexibility index (Phi) is 5.79. The first-order chi connectivity index (χ1) is 11.1. The van der Waals surface area contributed by atoms with Crippen molar-refractivity contribution in [2.75, 3.05) is 11.9 Å². The molecule has 2 rings (SSSR count). The molecule has 0 aliphatic heterocycles. The summed E-state index contributed by atoms with van der Waals surface area (Å²) in [5.74, 6) is 0.229. The lowest BCUT2D eigenvalue weighted by atomic mass is 9.86. The highest BCUT2D eigenvalue weighted by atomic mass is 32.2. The molecule has 0 bridgehead atoms. The van der Waals surface area contributed by atoms with E-state index in [1.807, 2.05) is 0 Å². The van der Waals surface area contributed by atoms with Crippen molar-refractivity contribution in [3.8, 4) is 0 Å². The molecule has 10 heteroatoms. The molecule has 0 radical (unpaired) electrons. The third kappa shape index (κ3) is 5.10. The van der Waals surface area contributed by atoms with E-state index >= 15 is 0 Å². The van der Waals surface area contributed by atoms with Crippen LogP contribution in [0.3, 0.4) is 0 Å². The molecule has 0 aromatic carbocycles. The first-order valence-corrected chi connectivity index (χ1v) is 9.40. The summed E-state index contributed by atoms with van der Waals surface area (Å²) in [6.45, 7) is 3.63. The zero-order valence-corrected chi connectivity index (χ0v) is 14.4. The SMILES string of the molecule is CC(C)S(=O)(=O)NCC1CCC(Nc2nc(C(F)(F)F)co2)CC1. The van der Waals surface area contributed by atoms with Gasteiger partial charge in [0.25, 0.3) is 6.01 Å². The van der Waals surface area contributed by atoms with Crippen LogP contribution in [0.15, 0.2) is 10.7 Å². The fraction of sp³-hybridized carbons (Fsp3) is 0.786. The Bertz CT molecular complexity index is 635. The number of sulfonamides is 1. The molecule has 0 spiro atoms. The minimum Gasteiger partial charge on any atom is -0.432 e. The molecular formula is C14H22F3N3O3S. The Morgan fingerprint density at radius 1 is 1.29 bits per heavy atom. The number of alkyl halides is 3. The van der Waals surface area contributed by atoms with E-state index in [-0.39, 0.29) is 18.0 Å². The summed E-state index contributed by atoms with van der Waals surface area (Å²) in [5, 5.41) is 2.40. The number of oxazole rings is 1. The molecule has 138 valence electrons. The van der Waals surface area contributed by atoms with Crippen LogP contribution in [0.5, 0.6) is 0 Å². The molecule has 0 atom stereocenters. The predicted molar refractivity (Wildman–Crippen MR) is 82.9 cm³/mol. The number of nitrogens with zero attached hydrogens (tertiary/aromatic N) is 1. The molecule has 6 nitrogen and oxygen atoms in total. The number of rotatable bonds is 6. The standard InChI is InChI=1S/C14H22F3N3O3S/c1-9(2)24(21,22)18-7-10-3-5-11(6-4-10)19-13-20-12(8-23-13)14(15,16)17/h8-11,18H,3-7H2,1-2H3,(H,19,20). The molecule has 0 amide bonds. The minimum atomic E-state index is -4.52. The number of hydrogen-bond donors (Lipinski definition) is 2. The molecule has 0 saturated heterocycles. The molecule has 1 heterocycles. The molecule has 1 aromatic rings. The van der Waals surface area contributed by atoms with Crippen LogP contribution in [-0.2, 0) is 16.2 Å². The molecule has 0 unspecified atom stereocenters. The lowest BCUT2D eigenvalue weighted by molar-refractivity contribution is -0.141. The van der Waals surface area contributed by atoms with Crippen LogP contribution in [0, 0.1) is 5.92 Å². The summed E-state index contributed by atoms with van der Waals surface area (Å²) in [4.78, 5) is 3.39. The predicted octanol–water partition coefficient (Wildman–Crippen LogP) is 2.99. The van der Waals surface area contributed by atoms with Gasteiger partial charge in [0.05, 0.1) is 5.25 Å². The summed E-state index contributed by atoms with van der Waals surface area (Å²) >= 11 is 0. The average Bonchev–Trinajstić information content (AvgIpc) is 2.95. The van der Waals surface area contributed by atoms with Crippen LogP contribution in [-0.4, -0.2) is 31.2 Å². The van der Waals surface area contributed by atoms with Crippen LogP contribution < -0.4 is 10.0 Å². The van der Waals surface area contributed by atoms with Gasteiger partial charge >= 0.3 is 6.18 Å². The molecule has 1 saturated carbocycles. The van der Waals surface area contributed by atoms with Crippen molar-refractivity contribution in [3.05, 3.63) is 12.0 Å². The Balaban J connectivity index is 1.78. The van der Waals surface area contributed by atoms with Crippen molar-refractivity contribution in [1.29, 1.82) is 0 Å². The fourth-order valence-corrected chi connectivity index (χ4v) is 3.36. The van der Waals surface area contributed by atoms with Gasteiger partial charge in [-0.05, 0) is 45.4 Å². The summed E-state index contributed by atoms with van der Waals surface area (Å²) < 4.78 is 68.3. The number of hydrogen-bond acceptors (Lipinski definition) is 5. The summed E-state index contributed by atoms with van der Waals surface area (Å²) in [6.07, 6.45) is -0.921. The third-order valence-corrected chi connectivity index (χ3v) is 5.97. The second-order valence-electron chi connectivity index (χ2n) is 6.34. The molecule has 1 aliphatic carbocycles. The maximum atomic E-state index is 12.5. The van der Waals surface area contributed by atoms with Gasteiger partial charge in [-0.1, -0.05) is 0 Å². The van der Waals surface area contributed by atoms with Crippen molar-refractivity contribution < 1.29 is 26.0 Å². The first kappa shape index (κ1) is 19.0. The van der Waals surface area contributed by atoms with Crippen molar-refractivity contribution in [3.63, 3.8) is 0 Å². The third-order valence-electron chi connectivity index (χ3n) is 4.16. The smallest absolute Gasteiger partial charge is 0.432 e. The van der Waals surface area contributed by atoms with Crippen LogP contribution in [0.25, 0.3) is 0 Å². The Morgan fingerprint density at radius 2 is 1.92 bits per heavy atom. The van der Waals surface area contributed by atoms with Crippen molar-refractivity contribution >= 4 is 16.0 Å². The zero-order chi connectivity index (χ0) is 18.0. The first-order valence-electron chi connectivity index (χ1n) is 7.85. The van der Waals surface area contributed by atoms with Gasteiger partial charge in [-0.25, -0.2) is 13.1 Å². The highest BCUT2D eigenvalue weighted by Crippen LogP contribution is 2.31. The highest BCUT2D eigenvalue weighted by molar-refractivity contribution is 7.90. The number of nitrogens with one attached hydrogen (secondary N) is 2. The van der Waals surface area contributed by atoms with E-state index in [4.69, 9.17) is 4.42 Å². The van der Waals surface area contributed by atoms with Gasteiger partial charge in [0.2, 0.25) is 10.0 Å². The zero-order valence-electron chi connectivity index (χ0n) is 13.6. The number of aromatic nitrogens is 1. The fourth-order valence-electron chi connectivity index (χ4n) is 2.56. The van der Waals surface area contributed by atoms with Crippen LogP contribution in [0.4, 0.5) is 19.2 Å². The van der Waals surface area contributed by atoms with Gasteiger partial charge in [0.1, 0.15) is 6.26 Å². The summed E-state index contributed by atoms with van der Waals surface area (Å²) in [5.41, 5.74) is -1.05. The van der Waals surface area contributed by atoms with Gasteiger partial charge in [0.15, 0.2) is 5.69 Å². The van der Waals surface area contributed by atoms with E-state index in [9.17, 15) is 21.6 Å². The maximum Gasteiger partial charge on any atom is 0.436 e. The van der Waals surface area contributed by atoms with Crippen molar-refractivity contribution in [2.45, 2.75) is 57.0 Å². The highest BCUT2D eigenvalue weighted by Gasteiger charge is 2.35. The van der Waals surface area contributed by atoms with Crippen LogP contribution >= 0.6 is 0 Å². The van der Waals surface area contributed by atoms with E-state index in [1.54, 1.807) is 13.8 Å². The summed E-state index contributed by atoms with van der Waals surface area (Å²) in [6, 6.07) is -0.158. The van der Waals surface area contributed by atoms with Crippen molar-refractivity contribution in [1.82, 2.24) is 9.71 Å². The van der Waals surface area contributed by atoms with Gasteiger partial charge in [-0.3, -0.25) is 0 Å². The Morgan fingerprint density at radius 3 is 2.42 bits per heavy atom. The lowest BCUT2D eigenvalue weighted by Crippen LogP contribution is -2.37. The summed E-state index contributed by atoms with van der Waals surface area (Å²) in [7, 11) is -3.27. The number of halogens is 3. The van der Waals surface area contributed by atoms with Crippen LogP contribution in [0.1, 0.15) is 45.2 Å². The molecular weight excluding hydrogens is 347 g/mol. The average molecular weight is 369 g/mol. The van der Waals surface area contributed by atoms with E-state index < -0.39 is 27.1 Å². The van der Waals surface area contributed by atoms with Crippen LogP contribution in [0.2, 0.25) is 0 Å². The normalized spacial score (nSPS) is 22.8. The van der Waals surface area contributed by atoms with Gasteiger partial charge in [0, 0.05) is 12.6 Å². The quantitative estimate of drug-likeness (QED) is 0.805. The second kappa shape index (κ2) is 7.30. The van der Waals surface area contributed by atoms with Gasteiger partial charge < -0.3 is 9.73 Å². The molecule has 24 heavy (non-hydrogen) atoms. The van der Waals surface area contributed by atoms with E-state index in [2.05, 4.69) is 15.0 Å². The molecule has 1 aromatic heterocycles. The molecule has 2 N–H and O–H groups in total. The van der Waals surface area contributed by atoms with Gasteiger partial charge in [-0.2, -0.15) is 18.2 Å². The minimum absolute atomic E-state index is 0.0253. The molecule has 1 fully saturated rings. The second-order valence-corrected chi connectivity index (χ2v) is 8.66. The largest absolute Gasteiger partial charge is 0.436 e. The maximum absolute atomic E-state index is 12.5. The van der Waals surface area contributed by atoms with Gasteiger partial charge in [-0.15, -0.1) is 0 Å². The Hall–Kier alpha value is -1.29. The topological polar surface area (TPSA) is 84.2 Å². The van der Waals surface area contributed by atoms with Crippen molar-refractivity contribution in [2.24, 2.45) is 5.92 Å². The van der Waals surface area contributed by atoms with E-state index in [0.717, 1.165) is 25.7 Å². The monoisotopic (exact) mass is 369 g/mol. The Labute approximate surface area is 139 Å². The number of anilines is 1. The van der Waals surface area contributed by atoms with E-state index in [0.29, 0.717) is 12.8 Å². The lowest BCUT2D eigenvalue weighted by Gasteiger charge is -2.28. The van der Waals surface area contributed by atoms with E-state index in [1.165, 1.54) is 0 Å².